The van der Waals surface area contributed by atoms with Crippen LogP contribution in [-0.4, -0.2) is 24.1 Å². The molecule has 1 N–H and O–H groups in total. The minimum absolute atomic E-state index is 0.188. The Hall–Kier alpha value is -1.65. The lowest BCUT2D eigenvalue weighted by Crippen LogP contribution is -2.21. The van der Waals surface area contributed by atoms with Crippen molar-refractivity contribution in [3.05, 3.63) is 29.3 Å². The topological polar surface area (TPSA) is 46.5 Å². The first-order valence-electron chi connectivity index (χ1n) is 7.21. The molecule has 116 valence electrons. The Balaban J connectivity index is 2.11. The number of benzene rings is 1. The summed E-state index contributed by atoms with van der Waals surface area (Å²) in [6.07, 6.45) is 0.267. The Morgan fingerprint density at radius 3 is 2.57 bits per heavy atom. The van der Waals surface area contributed by atoms with E-state index in [9.17, 15) is 13.6 Å². The highest BCUT2D eigenvalue weighted by atomic mass is 19.3. The molecule has 0 saturated heterocycles. The number of carbonyl (C=O) groups is 1. The number of rotatable bonds is 5. The van der Waals surface area contributed by atoms with Gasteiger partial charge in [0, 0.05) is 0 Å². The van der Waals surface area contributed by atoms with Gasteiger partial charge in [0.05, 0.1) is 5.92 Å². The monoisotopic (exact) mass is 298 g/mol. The number of aliphatic carboxylic acids is 1. The van der Waals surface area contributed by atoms with Gasteiger partial charge in [0.25, 0.3) is 6.43 Å². The van der Waals surface area contributed by atoms with E-state index in [1.165, 1.54) is 0 Å². The van der Waals surface area contributed by atoms with E-state index in [0.717, 1.165) is 24.0 Å². The molecule has 1 aliphatic rings. The number of carboxylic acids is 1. The maximum absolute atomic E-state index is 12.3. The van der Waals surface area contributed by atoms with E-state index in [-0.39, 0.29) is 11.8 Å². The van der Waals surface area contributed by atoms with Crippen molar-refractivity contribution < 1.29 is 23.4 Å². The lowest BCUT2D eigenvalue weighted by atomic mass is 9.78. The summed E-state index contributed by atoms with van der Waals surface area (Å²) in [6.45, 7) is 1.34. The van der Waals surface area contributed by atoms with E-state index < -0.39 is 19.0 Å². The van der Waals surface area contributed by atoms with E-state index in [2.05, 4.69) is 0 Å². The summed E-state index contributed by atoms with van der Waals surface area (Å²) >= 11 is 0. The predicted molar refractivity (Wildman–Crippen MR) is 75.0 cm³/mol. The molecule has 1 aliphatic carbocycles. The second-order valence-electron chi connectivity index (χ2n) is 5.63. The van der Waals surface area contributed by atoms with Crippen molar-refractivity contribution in [2.24, 2.45) is 5.92 Å². The second kappa shape index (κ2) is 6.87. The van der Waals surface area contributed by atoms with Gasteiger partial charge in [0.2, 0.25) is 0 Å². The van der Waals surface area contributed by atoms with Gasteiger partial charge in [-0.25, -0.2) is 8.78 Å². The van der Waals surface area contributed by atoms with Crippen LogP contribution in [-0.2, 0) is 4.79 Å². The molecule has 0 amide bonds. The minimum Gasteiger partial charge on any atom is -0.487 e. The van der Waals surface area contributed by atoms with Crippen molar-refractivity contribution in [3.8, 4) is 5.75 Å². The van der Waals surface area contributed by atoms with Gasteiger partial charge in [-0.1, -0.05) is 17.7 Å². The van der Waals surface area contributed by atoms with Crippen LogP contribution < -0.4 is 4.74 Å². The van der Waals surface area contributed by atoms with Crippen LogP contribution >= 0.6 is 0 Å². The standard InChI is InChI=1S/C16H20F2O3/c1-10-2-7-14(21-9-15(17)18)13(8-10)11-3-5-12(6-4-11)16(19)20/h2,7-8,11-12,15H,3-6,9H2,1H3,(H,19,20). The van der Waals surface area contributed by atoms with Gasteiger partial charge in [-0.3, -0.25) is 4.79 Å². The summed E-state index contributed by atoms with van der Waals surface area (Å²) in [5, 5.41) is 9.03. The van der Waals surface area contributed by atoms with E-state index in [4.69, 9.17) is 9.84 Å². The number of carboxylic acid groups (broad SMARTS) is 1. The Morgan fingerprint density at radius 2 is 2.00 bits per heavy atom. The first-order valence-corrected chi connectivity index (χ1v) is 7.21. The summed E-state index contributed by atoms with van der Waals surface area (Å²) in [5.41, 5.74) is 1.98. The highest BCUT2D eigenvalue weighted by Crippen LogP contribution is 2.40. The molecular formula is C16H20F2O3. The first-order chi connectivity index (χ1) is 9.97. The van der Waals surface area contributed by atoms with E-state index >= 15 is 0 Å². The summed E-state index contributed by atoms with van der Waals surface area (Å²) in [7, 11) is 0. The number of hydrogen-bond donors (Lipinski definition) is 1. The number of hydrogen-bond acceptors (Lipinski definition) is 2. The fourth-order valence-corrected chi connectivity index (χ4v) is 2.92. The van der Waals surface area contributed by atoms with Crippen LogP contribution in [0.15, 0.2) is 18.2 Å². The molecule has 1 aromatic rings. The average Bonchev–Trinajstić information content (AvgIpc) is 2.46. The van der Waals surface area contributed by atoms with Crippen LogP contribution in [0.5, 0.6) is 5.75 Å². The Labute approximate surface area is 122 Å². The number of ether oxygens (including phenoxy) is 1. The zero-order valence-electron chi connectivity index (χ0n) is 12.0. The highest BCUT2D eigenvalue weighted by Gasteiger charge is 2.28. The summed E-state index contributed by atoms with van der Waals surface area (Å²) in [6, 6.07) is 5.54. The van der Waals surface area contributed by atoms with Gasteiger partial charge in [-0.2, -0.15) is 0 Å². The fourth-order valence-electron chi connectivity index (χ4n) is 2.92. The molecule has 21 heavy (non-hydrogen) atoms. The molecule has 2 rings (SSSR count). The lowest BCUT2D eigenvalue weighted by molar-refractivity contribution is -0.142. The second-order valence-corrected chi connectivity index (χ2v) is 5.63. The molecule has 0 radical (unpaired) electrons. The minimum atomic E-state index is -2.50. The van der Waals surface area contributed by atoms with Crippen molar-refractivity contribution in [3.63, 3.8) is 0 Å². The quantitative estimate of drug-likeness (QED) is 0.893. The van der Waals surface area contributed by atoms with Gasteiger partial charge in [-0.15, -0.1) is 0 Å². The zero-order valence-corrected chi connectivity index (χ0v) is 12.0. The molecule has 0 spiro atoms. The van der Waals surface area contributed by atoms with Gasteiger partial charge in [0.1, 0.15) is 12.4 Å². The Kier molecular flexibility index (Phi) is 5.15. The molecule has 5 heteroatoms. The van der Waals surface area contributed by atoms with Crippen LogP contribution in [0.1, 0.15) is 42.7 Å². The molecule has 0 aliphatic heterocycles. The summed E-state index contributed by atoms with van der Waals surface area (Å²) in [4.78, 5) is 11.0. The summed E-state index contributed by atoms with van der Waals surface area (Å²) < 4.78 is 29.9. The van der Waals surface area contributed by atoms with Crippen molar-refractivity contribution in [2.75, 3.05) is 6.61 Å². The zero-order chi connectivity index (χ0) is 15.4. The first kappa shape index (κ1) is 15.7. The SMILES string of the molecule is Cc1ccc(OCC(F)F)c(C2CCC(C(=O)O)CC2)c1. The predicted octanol–water partition coefficient (Wildman–Crippen LogP) is 4.00. The third-order valence-electron chi connectivity index (χ3n) is 4.05. The molecule has 3 nitrogen and oxygen atoms in total. The maximum atomic E-state index is 12.3. The van der Waals surface area contributed by atoms with Gasteiger partial charge < -0.3 is 9.84 Å². The molecule has 0 bridgehead atoms. The molecule has 1 saturated carbocycles. The summed E-state index contributed by atoms with van der Waals surface area (Å²) in [5.74, 6) is -0.337. The lowest BCUT2D eigenvalue weighted by Gasteiger charge is -2.28. The fraction of sp³-hybridized carbons (Fsp3) is 0.562. The van der Waals surface area contributed by atoms with E-state index in [1.807, 2.05) is 19.1 Å². The normalized spacial score (nSPS) is 22.3. The molecule has 1 aromatic carbocycles. The van der Waals surface area contributed by atoms with Crippen molar-refractivity contribution in [2.45, 2.75) is 45.0 Å². The third kappa shape index (κ3) is 4.16. The van der Waals surface area contributed by atoms with E-state index in [0.29, 0.717) is 18.6 Å². The highest BCUT2D eigenvalue weighted by molar-refractivity contribution is 5.70. The largest absolute Gasteiger partial charge is 0.487 e. The van der Waals surface area contributed by atoms with Crippen LogP contribution in [0, 0.1) is 12.8 Å². The average molecular weight is 298 g/mol. The van der Waals surface area contributed by atoms with Crippen molar-refractivity contribution in [1.29, 1.82) is 0 Å². The van der Waals surface area contributed by atoms with E-state index in [1.54, 1.807) is 6.07 Å². The molecule has 1 fully saturated rings. The van der Waals surface area contributed by atoms with Gasteiger partial charge >= 0.3 is 5.97 Å². The maximum Gasteiger partial charge on any atom is 0.306 e. The van der Waals surface area contributed by atoms with Crippen molar-refractivity contribution >= 4 is 5.97 Å². The number of halogens is 2. The molecule has 0 aromatic heterocycles. The van der Waals surface area contributed by atoms with Crippen molar-refractivity contribution in [1.82, 2.24) is 0 Å². The third-order valence-corrected chi connectivity index (χ3v) is 4.05. The van der Waals surface area contributed by atoms with Crippen LogP contribution in [0.2, 0.25) is 0 Å². The van der Waals surface area contributed by atoms with Crippen LogP contribution in [0.25, 0.3) is 0 Å². The van der Waals surface area contributed by atoms with Gasteiger partial charge in [-0.05, 0) is 50.2 Å². The van der Waals surface area contributed by atoms with Gasteiger partial charge in [0.15, 0.2) is 0 Å². The smallest absolute Gasteiger partial charge is 0.306 e. The number of alkyl halides is 2. The van der Waals surface area contributed by atoms with Crippen LogP contribution in [0.3, 0.4) is 0 Å². The molecule has 0 atom stereocenters. The Morgan fingerprint density at radius 1 is 1.33 bits per heavy atom. The molecule has 0 unspecified atom stereocenters. The van der Waals surface area contributed by atoms with Crippen LogP contribution in [0.4, 0.5) is 8.78 Å². The number of aryl methyl sites for hydroxylation is 1. The Bertz CT molecular complexity index is 494. The molecular weight excluding hydrogens is 278 g/mol. The molecule has 0 heterocycles.